The Labute approximate surface area is 109 Å². The molecular formula is C13H24N4O. The average Bonchev–Trinajstić information content (AvgIpc) is 2.35. The molecule has 0 unspecified atom stereocenters. The molecule has 5 heteroatoms. The van der Waals surface area contributed by atoms with E-state index >= 15 is 0 Å². The van der Waals surface area contributed by atoms with Gasteiger partial charge in [0.15, 0.2) is 0 Å². The van der Waals surface area contributed by atoms with E-state index < -0.39 is 0 Å². The van der Waals surface area contributed by atoms with Crippen LogP contribution in [0.1, 0.15) is 33.6 Å². The zero-order chi connectivity index (χ0) is 13.4. The van der Waals surface area contributed by atoms with E-state index in [2.05, 4.69) is 29.1 Å². The molecule has 0 aliphatic rings. The number of hydrogen-bond donors (Lipinski definition) is 2. The van der Waals surface area contributed by atoms with Gasteiger partial charge in [-0.2, -0.15) is 4.98 Å². The molecule has 0 saturated heterocycles. The van der Waals surface area contributed by atoms with Gasteiger partial charge in [0.05, 0.1) is 19.0 Å². The molecule has 18 heavy (non-hydrogen) atoms. The molecule has 1 heterocycles. The Morgan fingerprint density at radius 1 is 1.39 bits per heavy atom. The molecule has 0 aromatic carbocycles. The van der Waals surface area contributed by atoms with Crippen LogP contribution in [0.15, 0.2) is 12.4 Å². The van der Waals surface area contributed by atoms with Crippen molar-refractivity contribution in [3.8, 4) is 5.88 Å². The molecule has 0 spiro atoms. The lowest BCUT2D eigenvalue weighted by Gasteiger charge is -2.24. The largest absolute Gasteiger partial charge is 0.477 e. The standard InChI is InChI=1S/C13H24N4O/c1-4-18-12-9-15-8-11(17-12)16-10-13(2,3)6-5-7-14/h8-9H,4-7,10,14H2,1-3H3,(H,16,17). The third kappa shape index (κ3) is 5.31. The molecule has 1 aromatic rings. The summed E-state index contributed by atoms with van der Waals surface area (Å²) in [6.07, 6.45) is 5.46. The smallest absolute Gasteiger partial charge is 0.234 e. The second-order valence-electron chi connectivity index (χ2n) is 5.09. The molecule has 0 saturated carbocycles. The van der Waals surface area contributed by atoms with Gasteiger partial charge in [-0.15, -0.1) is 0 Å². The van der Waals surface area contributed by atoms with Crippen molar-refractivity contribution in [2.75, 3.05) is 25.0 Å². The van der Waals surface area contributed by atoms with Gasteiger partial charge in [-0.1, -0.05) is 13.8 Å². The number of ether oxygens (including phenoxy) is 1. The van der Waals surface area contributed by atoms with E-state index in [0.717, 1.165) is 31.7 Å². The van der Waals surface area contributed by atoms with Crippen LogP contribution in [0.4, 0.5) is 5.82 Å². The summed E-state index contributed by atoms with van der Waals surface area (Å²) in [7, 11) is 0. The quantitative estimate of drug-likeness (QED) is 0.741. The van der Waals surface area contributed by atoms with Crippen LogP contribution in [-0.2, 0) is 0 Å². The summed E-state index contributed by atoms with van der Waals surface area (Å²) in [5, 5.41) is 3.30. The van der Waals surface area contributed by atoms with Crippen molar-refractivity contribution in [1.29, 1.82) is 0 Å². The Balaban J connectivity index is 2.49. The molecule has 0 aliphatic carbocycles. The monoisotopic (exact) mass is 252 g/mol. The van der Waals surface area contributed by atoms with Crippen LogP contribution in [0.25, 0.3) is 0 Å². The number of aromatic nitrogens is 2. The van der Waals surface area contributed by atoms with Gasteiger partial charge in [0, 0.05) is 6.54 Å². The van der Waals surface area contributed by atoms with Crippen LogP contribution in [0.2, 0.25) is 0 Å². The SMILES string of the molecule is CCOc1cncc(NCC(C)(C)CCCN)n1. The molecule has 3 N–H and O–H groups in total. The fourth-order valence-corrected chi connectivity index (χ4v) is 1.65. The van der Waals surface area contributed by atoms with E-state index in [4.69, 9.17) is 10.5 Å². The van der Waals surface area contributed by atoms with Gasteiger partial charge in [0.25, 0.3) is 0 Å². The molecular weight excluding hydrogens is 228 g/mol. The number of nitrogens with zero attached hydrogens (tertiary/aromatic N) is 2. The topological polar surface area (TPSA) is 73.1 Å². The molecule has 0 bridgehead atoms. The summed E-state index contributed by atoms with van der Waals surface area (Å²) in [6, 6.07) is 0. The molecule has 1 aromatic heterocycles. The maximum absolute atomic E-state index is 5.54. The molecule has 0 fully saturated rings. The molecule has 102 valence electrons. The minimum absolute atomic E-state index is 0.197. The number of anilines is 1. The first-order valence-corrected chi connectivity index (χ1v) is 6.46. The van der Waals surface area contributed by atoms with Crippen molar-refractivity contribution < 1.29 is 4.74 Å². The van der Waals surface area contributed by atoms with E-state index in [1.54, 1.807) is 12.4 Å². The molecule has 0 radical (unpaired) electrons. The highest BCUT2D eigenvalue weighted by molar-refractivity contribution is 5.33. The second kappa shape index (κ2) is 7.16. The highest BCUT2D eigenvalue weighted by Crippen LogP contribution is 2.22. The number of rotatable bonds is 8. The maximum Gasteiger partial charge on any atom is 0.234 e. The first-order chi connectivity index (χ1) is 8.57. The zero-order valence-electron chi connectivity index (χ0n) is 11.6. The van der Waals surface area contributed by atoms with Crippen molar-refractivity contribution in [3.05, 3.63) is 12.4 Å². The van der Waals surface area contributed by atoms with Crippen molar-refractivity contribution in [1.82, 2.24) is 9.97 Å². The lowest BCUT2D eigenvalue weighted by atomic mass is 9.88. The predicted octanol–water partition coefficient (Wildman–Crippen LogP) is 2.05. The minimum atomic E-state index is 0.197. The summed E-state index contributed by atoms with van der Waals surface area (Å²) in [6.45, 7) is 8.54. The third-order valence-electron chi connectivity index (χ3n) is 2.71. The van der Waals surface area contributed by atoms with Crippen LogP contribution in [0.3, 0.4) is 0 Å². The summed E-state index contributed by atoms with van der Waals surface area (Å²) in [4.78, 5) is 8.42. The van der Waals surface area contributed by atoms with Crippen LogP contribution in [0, 0.1) is 5.41 Å². The lowest BCUT2D eigenvalue weighted by Crippen LogP contribution is -2.24. The van der Waals surface area contributed by atoms with Crippen LogP contribution in [0.5, 0.6) is 5.88 Å². The second-order valence-corrected chi connectivity index (χ2v) is 5.09. The van der Waals surface area contributed by atoms with E-state index in [0.29, 0.717) is 12.5 Å². The van der Waals surface area contributed by atoms with Crippen molar-refractivity contribution in [2.45, 2.75) is 33.6 Å². The van der Waals surface area contributed by atoms with Gasteiger partial charge in [-0.05, 0) is 31.7 Å². The van der Waals surface area contributed by atoms with Crippen molar-refractivity contribution >= 4 is 5.82 Å². The number of hydrogen-bond acceptors (Lipinski definition) is 5. The highest BCUT2D eigenvalue weighted by atomic mass is 16.5. The summed E-state index contributed by atoms with van der Waals surface area (Å²) in [5.74, 6) is 1.31. The summed E-state index contributed by atoms with van der Waals surface area (Å²) >= 11 is 0. The van der Waals surface area contributed by atoms with Crippen LogP contribution >= 0.6 is 0 Å². The Morgan fingerprint density at radius 2 is 2.17 bits per heavy atom. The first-order valence-electron chi connectivity index (χ1n) is 6.46. The highest BCUT2D eigenvalue weighted by Gasteiger charge is 2.17. The fourth-order valence-electron chi connectivity index (χ4n) is 1.65. The van der Waals surface area contributed by atoms with Gasteiger partial charge in [-0.3, -0.25) is 4.98 Å². The van der Waals surface area contributed by atoms with Crippen molar-refractivity contribution in [2.24, 2.45) is 11.1 Å². The Morgan fingerprint density at radius 3 is 2.83 bits per heavy atom. The Hall–Kier alpha value is -1.36. The summed E-state index contributed by atoms with van der Waals surface area (Å²) < 4.78 is 5.31. The molecule has 0 atom stereocenters. The molecule has 0 amide bonds. The summed E-state index contributed by atoms with van der Waals surface area (Å²) in [5.41, 5.74) is 5.73. The Kier molecular flexibility index (Phi) is 5.85. The molecule has 1 rings (SSSR count). The predicted molar refractivity (Wildman–Crippen MR) is 73.8 cm³/mol. The van der Waals surface area contributed by atoms with Gasteiger partial charge in [0.1, 0.15) is 5.82 Å². The zero-order valence-corrected chi connectivity index (χ0v) is 11.6. The van der Waals surface area contributed by atoms with E-state index in [9.17, 15) is 0 Å². The van der Waals surface area contributed by atoms with Crippen molar-refractivity contribution in [3.63, 3.8) is 0 Å². The first kappa shape index (κ1) is 14.7. The lowest BCUT2D eigenvalue weighted by molar-refractivity contribution is 0.325. The normalized spacial score (nSPS) is 11.3. The molecule has 0 aliphatic heterocycles. The van der Waals surface area contributed by atoms with E-state index in [1.165, 1.54) is 0 Å². The van der Waals surface area contributed by atoms with Gasteiger partial charge in [-0.25, -0.2) is 0 Å². The van der Waals surface area contributed by atoms with Crippen LogP contribution < -0.4 is 15.8 Å². The Bertz CT molecular complexity index is 355. The minimum Gasteiger partial charge on any atom is -0.477 e. The van der Waals surface area contributed by atoms with Gasteiger partial charge >= 0.3 is 0 Å². The van der Waals surface area contributed by atoms with Crippen LogP contribution in [-0.4, -0.2) is 29.7 Å². The van der Waals surface area contributed by atoms with Gasteiger partial charge in [0.2, 0.25) is 5.88 Å². The van der Waals surface area contributed by atoms with E-state index in [-0.39, 0.29) is 5.41 Å². The fraction of sp³-hybridized carbons (Fsp3) is 0.692. The average molecular weight is 252 g/mol. The maximum atomic E-state index is 5.54. The number of nitrogens with two attached hydrogens (primary N) is 1. The van der Waals surface area contributed by atoms with E-state index in [1.807, 2.05) is 6.92 Å². The van der Waals surface area contributed by atoms with Gasteiger partial charge < -0.3 is 15.8 Å². The third-order valence-corrected chi connectivity index (χ3v) is 2.71. The number of nitrogens with one attached hydrogen (secondary N) is 1. The molecule has 5 nitrogen and oxygen atoms in total.